The fraction of sp³-hybridized carbons (Fsp3) is 0.286. The third-order valence-electron chi connectivity index (χ3n) is 1.47. The van der Waals surface area contributed by atoms with Crippen LogP contribution in [0.25, 0.3) is 0 Å². The number of halogens is 2. The highest BCUT2D eigenvalue weighted by molar-refractivity contribution is 9.12. The molecule has 0 aromatic carbocycles. The average Bonchev–Trinajstić information content (AvgIpc) is 2.00. The molecule has 1 atom stereocenters. The Labute approximate surface area is 86.3 Å². The molecule has 5 heteroatoms. The Morgan fingerprint density at radius 2 is 2.17 bits per heavy atom. The molecule has 3 nitrogen and oxygen atoms in total. The van der Waals surface area contributed by atoms with Crippen molar-refractivity contribution >= 4 is 31.9 Å². The summed E-state index contributed by atoms with van der Waals surface area (Å²) in [6, 6.07) is 1.90. The highest BCUT2D eigenvalue weighted by atomic mass is 79.9. The van der Waals surface area contributed by atoms with Crippen molar-refractivity contribution in [3.63, 3.8) is 0 Å². The van der Waals surface area contributed by atoms with Crippen molar-refractivity contribution in [1.29, 1.82) is 5.26 Å². The lowest BCUT2D eigenvalue weighted by Crippen LogP contribution is -2.39. The van der Waals surface area contributed by atoms with Gasteiger partial charge in [-0.25, -0.2) is 0 Å². The van der Waals surface area contributed by atoms with Gasteiger partial charge in [0.15, 0.2) is 0 Å². The van der Waals surface area contributed by atoms with Crippen molar-refractivity contribution < 1.29 is 10.2 Å². The van der Waals surface area contributed by atoms with Crippen molar-refractivity contribution in [3.05, 3.63) is 22.2 Å². The highest BCUT2D eigenvalue weighted by Gasteiger charge is 2.37. The molecule has 0 radical (unpaired) electrons. The first-order chi connectivity index (χ1) is 5.48. The van der Waals surface area contributed by atoms with Crippen LogP contribution in [0.15, 0.2) is 22.2 Å². The van der Waals surface area contributed by atoms with Crippen molar-refractivity contribution in [2.75, 3.05) is 0 Å². The van der Waals surface area contributed by atoms with E-state index in [2.05, 4.69) is 31.9 Å². The molecule has 0 spiro atoms. The van der Waals surface area contributed by atoms with E-state index in [0.717, 1.165) is 0 Å². The van der Waals surface area contributed by atoms with Gasteiger partial charge in [-0.15, -0.1) is 0 Å². The van der Waals surface area contributed by atoms with Crippen LogP contribution in [0, 0.1) is 11.3 Å². The van der Waals surface area contributed by atoms with E-state index in [0.29, 0.717) is 5.57 Å². The molecule has 0 aromatic heterocycles. The first-order valence-electron chi connectivity index (χ1n) is 3.07. The summed E-state index contributed by atoms with van der Waals surface area (Å²) >= 11 is 6.00. The molecule has 1 rings (SSSR count). The maximum Gasteiger partial charge on any atom is 0.213 e. The Hall–Kier alpha value is -0.150. The first kappa shape index (κ1) is 9.93. The van der Waals surface area contributed by atoms with Crippen LogP contribution in [0.5, 0.6) is 0 Å². The van der Waals surface area contributed by atoms with Gasteiger partial charge in [-0.05, 0) is 28.1 Å². The van der Waals surface area contributed by atoms with E-state index in [9.17, 15) is 10.2 Å². The molecule has 1 aliphatic rings. The number of hydrogen-bond acceptors (Lipinski definition) is 3. The Morgan fingerprint density at radius 3 is 2.58 bits per heavy atom. The molecule has 0 saturated carbocycles. The standard InChI is InChI=1S/C7H5Br2NO2/c8-5-1-4(3-10)2-6(9)7(5,11)12/h1-2,5,11-12H. The average molecular weight is 295 g/mol. The number of alkyl halides is 1. The van der Waals surface area contributed by atoms with E-state index in [-0.39, 0.29) is 4.48 Å². The lowest BCUT2D eigenvalue weighted by atomic mass is 10.0. The van der Waals surface area contributed by atoms with Crippen LogP contribution < -0.4 is 0 Å². The van der Waals surface area contributed by atoms with E-state index >= 15 is 0 Å². The largest absolute Gasteiger partial charge is 0.360 e. The van der Waals surface area contributed by atoms with Crippen LogP contribution in [0.2, 0.25) is 0 Å². The van der Waals surface area contributed by atoms with Crippen LogP contribution in [-0.4, -0.2) is 20.8 Å². The number of aliphatic hydroxyl groups is 2. The SMILES string of the molecule is N#CC1=CC(Br)C(O)(O)C(Br)=C1. The predicted molar refractivity (Wildman–Crippen MR) is 50.6 cm³/mol. The number of hydrogen-bond donors (Lipinski definition) is 2. The smallest absolute Gasteiger partial charge is 0.213 e. The number of nitrogens with zero attached hydrogens (tertiary/aromatic N) is 1. The van der Waals surface area contributed by atoms with E-state index in [1.165, 1.54) is 12.2 Å². The Kier molecular flexibility index (Phi) is 2.74. The zero-order chi connectivity index (χ0) is 9.35. The van der Waals surface area contributed by atoms with Crippen LogP contribution in [0.4, 0.5) is 0 Å². The molecule has 1 aliphatic carbocycles. The summed E-state index contributed by atoms with van der Waals surface area (Å²) in [7, 11) is 0. The molecule has 64 valence electrons. The van der Waals surface area contributed by atoms with Gasteiger partial charge < -0.3 is 10.2 Å². The summed E-state index contributed by atoms with van der Waals surface area (Å²) in [5.74, 6) is -1.96. The molecule has 0 aliphatic heterocycles. The van der Waals surface area contributed by atoms with Crippen LogP contribution in [-0.2, 0) is 0 Å². The fourth-order valence-corrected chi connectivity index (χ4v) is 2.10. The molecule has 0 heterocycles. The monoisotopic (exact) mass is 293 g/mol. The first-order valence-corrected chi connectivity index (χ1v) is 4.77. The zero-order valence-corrected chi connectivity index (χ0v) is 9.00. The Bertz CT molecular complexity index is 301. The minimum atomic E-state index is -1.96. The second-order valence-corrected chi connectivity index (χ2v) is 4.19. The lowest BCUT2D eigenvalue weighted by Gasteiger charge is -2.27. The van der Waals surface area contributed by atoms with Crippen LogP contribution in [0.3, 0.4) is 0 Å². The normalized spacial score (nSPS) is 27.1. The molecule has 0 fully saturated rings. The summed E-state index contributed by atoms with van der Waals surface area (Å²) in [6.45, 7) is 0. The van der Waals surface area contributed by atoms with Gasteiger partial charge in [0.25, 0.3) is 0 Å². The topological polar surface area (TPSA) is 64.2 Å². The minimum Gasteiger partial charge on any atom is -0.360 e. The molecule has 2 N–H and O–H groups in total. The molecular formula is C7H5Br2NO2. The van der Waals surface area contributed by atoms with Crippen LogP contribution in [0.1, 0.15) is 0 Å². The number of allylic oxidation sites excluding steroid dienone is 2. The Morgan fingerprint density at radius 1 is 1.58 bits per heavy atom. The van der Waals surface area contributed by atoms with E-state index < -0.39 is 10.6 Å². The molecule has 0 aromatic rings. The van der Waals surface area contributed by atoms with Gasteiger partial charge in [0.1, 0.15) is 0 Å². The van der Waals surface area contributed by atoms with Gasteiger partial charge in [0, 0.05) is 0 Å². The second kappa shape index (κ2) is 3.30. The summed E-state index contributed by atoms with van der Waals surface area (Å²) in [6.07, 6.45) is 2.81. The van der Waals surface area contributed by atoms with Gasteiger partial charge >= 0.3 is 0 Å². The molecule has 0 saturated heterocycles. The van der Waals surface area contributed by atoms with E-state index in [4.69, 9.17) is 5.26 Å². The summed E-state index contributed by atoms with van der Waals surface area (Å²) < 4.78 is 0.177. The maximum atomic E-state index is 9.36. The second-order valence-electron chi connectivity index (χ2n) is 2.35. The fourth-order valence-electron chi connectivity index (χ4n) is 0.766. The minimum absolute atomic E-state index is 0.177. The molecule has 0 bridgehead atoms. The van der Waals surface area contributed by atoms with Crippen molar-refractivity contribution in [2.45, 2.75) is 10.6 Å². The van der Waals surface area contributed by atoms with Crippen molar-refractivity contribution in [1.82, 2.24) is 0 Å². The molecule has 1 unspecified atom stereocenters. The highest BCUT2D eigenvalue weighted by Crippen LogP contribution is 2.34. The van der Waals surface area contributed by atoms with Gasteiger partial charge in [0.2, 0.25) is 5.79 Å². The quantitative estimate of drug-likeness (QED) is 0.521. The third kappa shape index (κ3) is 1.62. The summed E-state index contributed by atoms with van der Waals surface area (Å²) in [5, 5.41) is 27.3. The van der Waals surface area contributed by atoms with Crippen molar-refractivity contribution in [3.8, 4) is 6.07 Å². The maximum absolute atomic E-state index is 9.36. The Balaban J connectivity index is 3.07. The van der Waals surface area contributed by atoms with Crippen molar-refractivity contribution in [2.24, 2.45) is 0 Å². The summed E-state index contributed by atoms with van der Waals surface area (Å²) in [4.78, 5) is -0.668. The summed E-state index contributed by atoms with van der Waals surface area (Å²) in [5.41, 5.74) is 0.391. The number of rotatable bonds is 0. The van der Waals surface area contributed by atoms with Gasteiger partial charge in [-0.1, -0.05) is 15.9 Å². The molecule has 0 amide bonds. The van der Waals surface area contributed by atoms with Gasteiger partial charge in [-0.3, -0.25) is 0 Å². The lowest BCUT2D eigenvalue weighted by molar-refractivity contribution is -0.112. The van der Waals surface area contributed by atoms with E-state index in [1.54, 1.807) is 0 Å². The third-order valence-corrected chi connectivity index (χ3v) is 3.19. The predicted octanol–water partition coefficient (Wildman–Crippen LogP) is 1.17. The number of nitriles is 1. The zero-order valence-electron chi connectivity index (χ0n) is 5.83. The molecule has 12 heavy (non-hydrogen) atoms. The van der Waals surface area contributed by atoms with Crippen LogP contribution >= 0.6 is 31.9 Å². The van der Waals surface area contributed by atoms with Gasteiger partial charge in [0.05, 0.1) is 21.0 Å². The van der Waals surface area contributed by atoms with E-state index in [1.807, 2.05) is 6.07 Å². The van der Waals surface area contributed by atoms with Gasteiger partial charge in [-0.2, -0.15) is 5.26 Å². The molecular weight excluding hydrogens is 290 g/mol.